The van der Waals surface area contributed by atoms with Crippen LogP contribution in [0.15, 0.2) is 48.8 Å². The first-order chi connectivity index (χ1) is 13.2. The van der Waals surface area contributed by atoms with Crippen LogP contribution in [-0.2, 0) is 11.3 Å². The fourth-order valence-corrected chi connectivity index (χ4v) is 3.03. The van der Waals surface area contributed by atoms with Crippen LogP contribution in [-0.4, -0.2) is 35.3 Å². The molecule has 27 heavy (non-hydrogen) atoms. The zero-order valence-corrected chi connectivity index (χ0v) is 15.1. The highest BCUT2D eigenvalue weighted by Gasteiger charge is 2.23. The number of benzene rings is 1. The molecule has 3 heterocycles. The van der Waals surface area contributed by atoms with E-state index in [1.54, 1.807) is 18.5 Å². The number of halogens is 1. The van der Waals surface area contributed by atoms with Crippen molar-refractivity contribution in [2.75, 3.05) is 18.5 Å². The van der Waals surface area contributed by atoms with E-state index in [0.29, 0.717) is 29.5 Å². The molecule has 8 heteroatoms. The number of fused-ring (bicyclic) bond motifs is 1. The number of cyclic esters (lactones) is 1. The molecule has 1 fully saturated rings. The Hall–Kier alpha value is -3.06. The lowest BCUT2D eigenvalue weighted by molar-refractivity contribution is 0.105. The standard InChI is InChI=1S/C19H17ClN4O3/c20-17-6-15(22-7-12-4-2-1-3-5-12)14-9-21-10-16(18(14)24-17)26-11-13-8-23-19(25)27-13/h1-6,9-10,13H,7-8,11H2,(H,22,24)(H,23,25). The minimum atomic E-state index is -0.437. The van der Waals surface area contributed by atoms with E-state index >= 15 is 0 Å². The van der Waals surface area contributed by atoms with E-state index in [1.807, 2.05) is 30.3 Å². The number of anilines is 1. The van der Waals surface area contributed by atoms with Gasteiger partial charge in [0.15, 0.2) is 11.9 Å². The minimum Gasteiger partial charge on any atom is -0.486 e. The van der Waals surface area contributed by atoms with Crippen LogP contribution >= 0.6 is 11.6 Å². The Morgan fingerprint density at radius 3 is 2.93 bits per heavy atom. The Morgan fingerprint density at radius 1 is 1.30 bits per heavy atom. The predicted molar refractivity (Wildman–Crippen MR) is 102 cm³/mol. The lowest BCUT2D eigenvalue weighted by Crippen LogP contribution is -2.22. The van der Waals surface area contributed by atoms with Crippen LogP contribution in [0.1, 0.15) is 5.56 Å². The van der Waals surface area contributed by atoms with Gasteiger partial charge in [-0.3, -0.25) is 4.98 Å². The van der Waals surface area contributed by atoms with Gasteiger partial charge >= 0.3 is 6.09 Å². The molecule has 0 radical (unpaired) electrons. The molecule has 1 aliphatic rings. The summed E-state index contributed by atoms with van der Waals surface area (Å²) in [5, 5.41) is 7.12. The average Bonchev–Trinajstić information content (AvgIpc) is 3.10. The zero-order valence-electron chi connectivity index (χ0n) is 14.3. The number of carbonyl (C=O) groups excluding carboxylic acids is 1. The lowest BCUT2D eigenvalue weighted by Gasteiger charge is -2.14. The molecule has 1 atom stereocenters. The maximum absolute atomic E-state index is 11.1. The monoisotopic (exact) mass is 384 g/mol. The van der Waals surface area contributed by atoms with E-state index in [2.05, 4.69) is 20.6 Å². The van der Waals surface area contributed by atoms with Gasteiger partial charge in [0.1, 0.15) is 17.3 Å². The van der Waals surface area contributed by atoms with Crippen LogP contribution in [0.4, 0.5) is 10.5 Å². The summed E-state index contributed by atoms with van der Waals surface area (Å²) in [4.78, 5) is 19.8. The fraction of sp³-hybridized carbons (Fsp3) is 0.211. The molecule has 3 aromatic rings. The van der Waals surface area contributed by atoms with Crippen LogP contribution in [0.3, 0.4) is 0 Å². The van der Waals surface area contributed by atoms with E-state index in [-0.39, 0.29) is 12.7 Å². The number of rotatable bonds is 6. The highest BCUT2D eigenvalue weighted by molar-refractivity contribution is 6.30. The van der Waals surface area contributed by atoms with Gasteiger partial charge in [0.05, 0.1) is 12.7 Å². The minimum absolute atomic E-state index is 0.209. The summed E-state index contributed by atoms with van der Waals surface area (Å²) in [6.45, 7) is 1.26. The molecule has 0 spiro atoms. The van der Waals surface area contributed by atoms with Gasteiger partial charge in [0, 0.05) is 23.8 Å². The predicted octanol–water partition coefficient (Wildman–Crippen LogP) is 3.38. The maximum Gasteiger partial charge on any atom is 0.407 e. The second kappa shape index (κ2) is 7.67. The van der Waals surface area contributed by atoms with Gasteiger partial charge in [0.25, 0.3) is 0 Å². The first kappa shape index (κ1) is 17.4. The third kappa shape index (κ3) is 4.03. The average molecular weight is 385 g/mol. The third-order valence-corrected chi connectivity index (χ3v) is 4.35. The topological polar surface area (TPSA) is 85.4 Å². The SMILES string of the molecule is O=C1NCC(COc2cncc3c(NCc4ccccc4)cc(Cl)nc23)O1. The Kier molecular flexibility index (Phi) is 4.93. The maximum atomic E-state index is 11.1. The van der Waals surface area contributed by atoms with Crippen molar-refractivity contribution >= 4 is 34.3 Å². The largest absolute Gasteiger partial charge is 0.486 e. The number of pyridine rings is 2. The number of ether oxygens (including phenoxy) is 2. The summed E-state index contributed by atoms with van der Waals surface area (Å²) in [6, 6.07) is 11.8. The molecule has 1 saturated heterocycles. The summed E-state index contributed by atoms with van der Waals surface area (Å²) in [5.41, 5.74) is 2.57. The van der Waals surface area contributed by atoms with E-state index in [0.717, 1.165) is 16.6 Å². The zero-order chi connectivity index (χ0) is 18.6. The molecule has 0 saturated carbocycles. The van der Waals surface area contributed by atoms with Gasteiger partial charge in [-0.25, -0.2) is 9.78 Å². The fourth-order valence-electron chi connectivity index (χ4n) is 2.84. The van der Waals surface area contributed by atoms with Crippen LogP contribution in [0, 0.1) is 0 Å². The van der Waals surface area contributed by atoms with Crippen molar-refractivity contribution in [3.63, 3.8) is 0 Å². The second-order valence-electron chi connectivity index (χ2n) is 6.08. The molecule has 1 unspecified atom stereocenters. The molecule has 0 bridgehead atoms. The Balaban J connectivity index is 1.56. The third-order valence-electron chi connectivity index (χ3n) is 4.15. The van der Waals surface area contributed by atoms with Crippen molar-refractivity contribution < 1.29 is 14.3 Å². The van der Waals surface area contributed by atoms with Gasteiger partial charge in [-0.05, 0) is 11.6 Å². The highest BCUT2D eigenvalue weighted by atomic mass is 35.5. The molecular formula is C19H17ClN4O3. The number of nitrogens with one attached hydrogen (secondary N) is 2. The summed E-state index contributed by atoms with van der Waals surface area (Å²) < 4.78 is 10.9. The summed E-state index contributed by atoms with van der Waals surface area (Å²) in [7, 11) is 0. The Labute approximate surface area is 160 Å². The first-order valence-corrected chi connectivity index (χ1v) is 8.86. The highest BCUT2D eigenvalue weighted by Crippen LogP contribution is 2.31. The molecule has 0 aliphatic carbocycles. The number of hydrogen-bond donors (Lipinski definition) is 2. The molecule has 2 N–H and O–H groups in total. The summed E-state index contributed by atoms with van der Waals surface area (Å²) in [5.74, 6) is 0.487. The lowest BCUT2D eigenvalue weighted by atomic mass is 10.2. The first-order valence-electron chi connectivity index (χ1n) is 8.48. The Bertz CT molecular complexity index is 968. The van der Waals surface area contributed by atoms with Gasteiger partial charge in [-0.1, -0.05) is 41.9 Å². The summed E-state index contributed by atoms with van der Waals surface area (Å²) in [6.07, 6.45) is 2.52. The molecule has 4 rings (SSSR count). The molecule has 1 aromatic carbocycles. The van der Waals surface area contributed by atoms with E-state index in [9.17, 15) is 4.79 Å². The van der Waals surface area contributed by atoms with Crippen molar-refractivity contribution in [1.82, 2.24) is 15.3 Å². The van der Waals surface area contributed by atoms with Crippen molar-refractivity contribution in [2.45, 2.75) is 12.6 Å². The van der Waals surface area contributed by atoms with Gasteiger partial charge < -0.3 is 20.1 Å². The van der Waals surface area contributed by atoms with Crippen LogP contribution in [0.5, 0.6) is 5.75 Å². The van der Waals surface area contributed by atoms with Crippen molar-refractivity contribution in [2.24, 2.45) is 0 Å². The van der Waals surface area contributed by atoms with E-state index in [4.69, 9.17) is 21.1 Å². The van der Waals surface area contributed by atoms with E-state index < -0.39 is 6.09 Å². The summed E-state index contributed by atoms with van der Waals surface area (Å²) >= 11 is 6.22. The van der Waals surface area contributed by atoms with Crippen LogP contribution in [0.2, 0.25) is 5.15 Å². The second-order valence-corrected chi connectivity index (χ2v) is 6.47. The molecule has 2 aromatic heterocycles. The van der Waals surface area contributed by atoms with Crippen molar-refractivity contribution in [1.29, 1.82) is 0 Å². The van der Waals surface area contributed by atoms with Crippen molar-refractivity contribution in [3.8, 4) is 5.75 Å². The number of carbonyl (C=O) groups is 1. The van der Waals surface area contributed by atoms with Gasteiger partial charge in [-0.15, -0.1) is 0 Å². The van der Waals surface area contributed by atoms with Gasteiger partial charge in [0.2, 0.25) is 0 Å². The normalized spacial score (nSPS) is 16.0. The van der Waals surface area contributed by atoms with Crippen LogP contribution < -0.4 is 15.4 Å². The Morgan fingerprint density at radius 2 is 2.15 bits per heavy atom. The molecule has 7 nitrogen and oxygen atoms in total. The quantitative estimate of drug-likeness (QED) is 0.634. The van der Waals surface area contributed by atoms with Gasteiger partial charge in [-0.2, -0.15) is 0 Å². The van der Waals surface area contributed by atoms with Crippen LogP contribution in [0.25, 0.3) is 10.9 Å². The molecular weight excluding hydrogens is 368 g/mol. The number of hydrogen-bond acceptors (Lipinski definition) is 6. The molecule has 138 valence electrons. The number of nitrogens with zero attached hydrogens (tertiary/aromatic N) is 2. The molecule has 1 aliphatic heterocycles. The van der Waals surface area contributed by atoms with E-state index in [1.165, 1.54) is 0 Å². The van der Waals surface area contributed by atoms with Crippen molar-refractivity contribution in [3.05, 3.63) is 59.5 Å². The number of amides is 1. The number of alkyl carbamates (subject to hydrolysis) is 1. The molecule has 1 amide bonds. The smallest absolute Gasteiger partial charge is 0.407 e. The number of aromatic nitrogens is 2.